The van der Waals surface area contributed by atoms with Gasteiger partial charge in [-0.05, 0) is 19.8 Å². The molecule has 2 heterocycles. The van der Waals surface area contributed by atoms with Crippen molar-refractivity contribution < 1.29 is 9.53 Å². The molecule has 0 radical (unpaired) electrons. The van der Waals surface area contributed by atoms with Crippen molar-refractivity contribution in [1.29, 1.82) is 0 Å². The molecule has 0 spiro atoms. The van der Waals surface area contributed by atoms with Crippen molar-refractivity contribution >= 4 is 5.91 Å². The molecule has 1 unspecified atom stereocenters. The maximum atomic E-state index is 12.7. The molecule has 0 aromatic heterocycles. The largest absolute Gasteiger partial charge is 0.379 e. The first-order valence-electron chi connectivity index (χ1n) is 8.24. The van der Waals surface area contributed by atoms with E-state index in [0.717, 1.165) is 45.9 Å². The fourth-order valence-corrected chi connectivity index (χ4v) is 3.18. The van der Waals surface area contributed by atoms with Crippen LogP contribution in [0.2, 0.25) is 0 Å². The molecule has 21 heavy (non-hydrogen) atoms. The smallest absolute Gasteiger partial charge is 0.224 e. The van der Waals surface area contributed by atoms with Gasteiger partial charge in [-0.2, -0.15) is 0 Å². The van der Waals surface area contributed by atoms with Crippen LogP contribution in [-0.2, 0) is 9.53 Å². The first kappa shape index (κ1) is 16.7. The van der Waals surface area contributed by atoms with Gasteiger partial charge in [0.1, 0.15) is 0 Å². The van der Waals surface area contributed by atoms with Crippen LogP contribution in [0.25, 0.3) is 0 Å². The Kier molecular flexibility index (Phi) is 5.63. The van der Waals surface area contributed by atoms with Gasteiger partial charge in [0.25, 0.3) is 0 Å². The summed E-state index contributed by atoms with van der Waals surface area (Å²) in [6, 6.07) is 0.315. The van der Waals surface area contributed by atoms with E-state index in [0.29, 0.717) is 24.3 Å². The molecule has 0 aliphatic carbocycles. The fraction of sp³-hybridized carbons (Fsp3) is 0.938. The van der Waals surface area contributed by atoms with Crippen molar-refractivity contribution in [2.24, 2.45) is 5.92 Å². The van der Waals surface area contributed by atoms with Gasteiger partial charge in [-0.25, -0.2) is 0 Å². The third-order valence-electron chi connectivity index (χ3n) is 4.59. The summed E-state index contributed by atoms with van der Waals surface area (Å²) in [6.45, 7) is 14.8. The van der Waals surface area contributed by atoms with Crippen LogP contribution in [0.4, 0.5) is 0 Å². The molecule has 0 bridgehead atoms. The van der Waals surface area contributed by atoms with Gasteiger partial charge in [0, 0.05) is 50.7 Å². The molecule has 5 nitrogen and oxygen atoms in total. The number of morpholine rings is 1. The van der Waals surface area contributed by atoms with Crippen molar-refractivity contribution in [2.75, 3.05) is 45.9 Å². The van der Waals surface area contributed by atoms with Gasteiger partial charge < -0.3 is 15.0 Å². The average Bonchev–Trinajstić information content (AvgIpc) is 2.44. The lowest BCUT2D eigenvalue weighted by molar-refractivity contribution is -0.138. The predicted molar refractivity (Wildman–Crippen MR) is 84.3 cm³/mol. The molecule has 2 rings (SSSR count). The molecule has 0 saturated carbocycles. The molecule has 2 aliphatic heterocycles. The molecule has 1 amide bonds. The summed E-state index contributed by atoms with van der Waals surface area (Å²) < 4.78 is 5.35. The quantitative estimate of drug-likeness (QED) is 0.839. The van der Waals surface area contributed by atoms with Crippen molar-refractivity contribution in [3.63, 3.8) is 0 Å². The maximum absolute atomic E-state index is 12.7. The normalized spacial score (nSPS) is 27.1. The Labute approximate surface area is 129 Å². The van der Waals surface area contributed by atoms with E-state index in [1.807, 2.05) is 0 Å². The Hall–Kier alpha value is -0.650. The number of hydrogen-bond acceptors (Lipinski definition) is 4. The van der Waals surface area contributed by atoms with Crippen molar-refractivity contribution in [3.8, 4) is 0 Å². The highest BCUT2D eigenvalue weighted by atomic mass is 16.5. The number of rotatable bonds is 4. The van der Waals surface area contributed by atoms with Crippen molar-refractivity contribution in [1.82, 2.24) is 15.1 Å². The summed E-state index contributed by atoms with van der Waals surface area (Å²) in [5.74, 6) is 0.788. The summed E-state index contributed by atoms with van der Waals surface area (Å²) in [5.41, 5.74) is 0.0139. The second kappa shape index (κ2) is 7.07. The van der Waals surface area contributed by atoms with E-state index in [1.165, 1.54) is 0 Å². The van der Waals surface area contributed by atoms with E-state index in [4.69, 9.17) is 4.74 Å². The maximum Gasteiger partial charge on any atom is 0.224 e. The van der Waals surface area contributed by atoms with Crippen LogP contribution >= 0.6 is 0 Å². The molecule has 0 aromatic carbocycles. The van der Waals surface area contributed by atoms with Gasteiger partial charge in [0.15, 0.2) is 0 Å². The summed E-state index contributed by atoms with van der Waals surface area (Å²) in [7, 11) is 0. The Balaban J connectivity index is 1.90. The molecular weight excluding hydrogens is 266 g/mol. The number of hydrogen-bond donors (Lipinski definition) is 1. The Morgan fingerprint density at radius 2 is 2.00 bits per heavy atom. The SMILES string of the molecule is CC(C)C1CNC(C)(C)CN1C(=O)CCN1CCOCC1. The number of amides is 1. The van der Waals surface area contributed by atoms with Gasteiger partial charge >= 0.3 is 0 Å². The van der Waals surface area contributed by atoms with Crippen LogP contribution < -0.4 is 5.32 Å². The number of nitrogens with one attached hydrogen (secondary N) is 1. The Morgan fingerprint density at radius 3 is 2.62 bits per heavy atom. The van der Waals surface area contributed by atoms with Gasteiger partial charge in [-0.3, -0.25) is 9.69 Å². The van der Waals surface area contributed by atoms with Crippen LogP contribution in [0.5, 0.6) is 0 Å². The van der Waals surface area contributed by atoms with Crippen LogP contribution in [0.3, 0.4) is 0 Å². The highest BCUT2D eigenvalue weighted by Gasteiger charge is 2.36. The molecular formula is C16H31N3O2. The first-order chi connectivity index (χ1) is 9.89. The van der Waals surface area contributed by atoms with Crippen LogP contribution in [0.15, 0.2) is 0 Å². The van der Waals surface area contributed by atoms with Gasteiger partial charge in [0.2, 0.25) is 5.91 Å². The highest BCUT2D eigenvalue weighted by Crippen LogP contribution is 2.21. The lowest BCUT2D eigenvalue weighted by Crippen LogP contribution is -2.64. The third-order valence-corrected chi connectivity index (χ3v) is 4.59. The zero-order valence-electron chi connectivity index (χ0n) is 14.0. The highest BCUT2D eigenvalue weighted by molar-refractivity contribution is 5.77. The number of piperazine rings is 1. The molecule has 5 heteroatoms. The second-order valence-electron chi connectivity index (χ2n) is 7.30. The topological polar surface area (TPSA) is 44.8 Å². The zero-order valence-corrected chi connectivity index (χ0v) is 14.0. The van der Waals surface area contributed by atoms with Crippen molar-refractivity contribution in [2.45, 2.75) is 45.7 Å². The van der Waals surface area contributed by atoms with Gasteiger partial charge in [-0.1, -0.05) is 13.8 Å². The number of carbonyl (C=O) groups is 1. The average molecular weight is 297 g/mol. The summed E-state index contributed by atoms with van der Waals surface area (Å²) in [5, 5.41) is 3.56. The third kappa shape index (κ3) is 4.66. The monoisotopic (exact) mass is 297 g/mol. The molecule has 0 aromatic rings. The standard InChI is InChI=1S/C16H31N3O2/c1-13(2)14-11-17-16(3,4)12-19(14)15(20)5-6-18-7-9-21-10-8-18/h13-14,17H,5-12H2,1-4H3. The Bertz CT molecular complexity index is 351. The molecule has 2 aliphatic rings. The van der Waals surface area contributed by atoms with E-state index >= 15 is 0 Å². The predicted octanol–water partition coefficient (Wildman–Crippen LogP) is 0.944. The second-order valence-corrected chi connectivity index (χ2v) is 7.30. The van der Waals surface area contributed by atoms with E-state index in [2.05, 4.69) is 42.8 Å². The van der Waals surface area contributed by atoms with Crippen LogP contribution in [0, 0.1) is 5.92 Å². The molecule has 2 saturated heterocycles. The molecule has 2 fully saturated rings. The lowest BCUT2D eigenvalue weighted by Gasteiger charge is -2.46. The number of carbonyl (C=O) groups excluding carboxylic acids is 1. The van der Waals surface area contributed by atoms with Crippen LogP contribution in [0.1, 0.15) is 34.1 Å². The van der Waals surface area contributed by atoms with E-state index in [-0.39, 0.29) is 5.54 Å². The first-order valence-corrected chi connectivity index (χ1v) is 8.24. The van der Waals surface area contributed by atoms with Gasteiger partial charge in [0.05, 0.1) is 13.2 Å². The van der Waals surface area contributed by atoms with E-state index in [1.54, 1.807) is 0 Å². The van der Waals surface area contributed by atoms with Crippen LogP contribution in [-0.4, -0.2) is 73.2 Å². The molecule has 122 valence electrons. The minimum absolute atomic E-state index is 0.0139. The number of ether oxygens (including phenoxy) is 1. The van der Waals surface area contributed by atoms with E-state index < -0.39 is 0 Å². The zero-order chi connectivity index (χ0) is 15.5. The van der Waals surface area contributed by atoms with Gasteiger partial charge in [-0.15, -0.1) is 0 Å². The Morgan fingerprint density at radius 1 is 1.33 bits per heavy atom. The van der Waals surface area contributed by atoms with Crippen molar-refractivity contribution in [3.05, 3.63) is 0 Å². The lowest BCUT2D eigenvalue weighted by atomic mass is 9.93. The minimum atomic E-state index is 0.0139. The minimum Gasteiger partial charge on any atom is -0.379 e. The summed E-state index contributed by atoms with van der Waals surface area (Å²) >= 11 is 0. The molecule has 1 atom stereocenters. The number of nitrogens with zero attached hydrogens (tertiary/aromatic N) is 2. The fourth-order valence-electron chi connectivity index (χ4n) is 3.18. The molecule has 1 N–H and O–H groups in total. The summed E-state index contributed by atoms with van der Waals surface area (Å²) in [4.78, 5) is 17.1. The summed E-state index contributed by atoms with van der Waals surface area (Å²) in [6.07, 6.45) is 0.624. The van der Waals surface area contributed by atoms with E-state index in [9.17, 15) is 4.79 Å².